The fraction of sp³-hybridized carbons (Fsp3) is 0.241. The van der Waals surface area contributed by atoms with Gasteiger partial charge < -0.3 is 10.5 Å². The van der Waals surface area contributed by atoms with Gasteiger partial charge in [0.15, 0.2) is 0 Å². The molecule has 7 rings (SSSR count). The predicted molar refractivity (Wildman–Crippen MR) is 149 cm³/mol. The highest BCUT2D eigenvalue weighted by atomic mass is 35.5. The van der Waals surface area contributed by atoms with Crippen molar-refractivity contribution in [2.24, 2.45) is 17.6 Å². The first-order chi connectivity index (χ1) is 19.0. The van der Waals surface area contributed by atoms with Crippen molar-refractivity contribution in [2.45, 2.75) is 28.8 Å². The molecule has 3 aromatic carbocycles. The topological polar surface area (TPSA) is 107 Å². The number of hydrogen-bond donors (Lipinski definition) is 1. The lowest BCUT2D eigenvalue weighted by Gasteiger charge is -2.54. The number of carbonyl (C=O) groups excluding carboxylic acids is 4. The van der Waals surface area contributed by atoms with Gasteiger partial charge in [-0.25, -0.2) is 4.79 Å². The molecule has 7 nitrogen and oxygen atoms in total. The number of amides is 3. The van der Waals surface area contributed by atoms with Gasteiger partial charge in [-0.3, -0.25) is 19.3 Å². The van der Waals surface area contributed by atoms with Crippen molar-refractivity contribution in [1.82, 2.24) is 4.90 Å². The van der Waals surface area contributed by atoms with E-state index in [2.05, 4.69) is 0 Å². The van der Waals surface area contributed by atoms with Crippen molar-refractivity contribution in [3.8, 4) is 0 Å². The van der Waals surface area contributed by atoms with E-state index in [1.54, 1.807) is 60.7 Å². The number of halogens is 4. The molecule has 0 saturated carbocycles. The van der Waals surface area contributed by atoms with E-state index in [1.165, 1.54) is 6.07 Å². The van der Waals surface area contributed by atoms with Crippen LogP contribution in [0.5, 0.6) is 0 Å². The van der Waals surface area contributed by atoms with E-state index in [0.717, 1.165) is 4.90 Å². The van der Waals surface area contributed by atoms with E-state index in [0.29, 0.717) is 32.8 Å². The minimum atomic E-state index is -1.62. The molecular weight excluding hydrogens is 598 g/mol. The van der Waals surface area contributed by atoms with Crippen LogP contribution in [0, 0.1) is 11.8 Å². The van der Waals surface area contributed by atoms with Crippen LogP contribution < -0.4 is 5.73 Å². The molecule has 2 N–H and O–H groups in total. The molecule has 3 amide bonds. The standard InChI is InChI=1S/C29H20Cl4N2O5/c30-15-10-9-14(20(31)11-15)13-40-27(39)21(12-22(34)36)35-25(37)23-24(26(35)38)29(33)17-6-2-1-5-16(17)28(23,32)18-7-3-4-8-19(18)29/h1-11,21,23-24H,12-13H2,(H2,34,36)/t21-,23-,24-,28?,29?/m1/s1. The molecule has 1 fully saturated rings. The second-order valence-corrected chi connectivity index (χ2v) is 12.1. The molecule has 1 saturated heterocycles. The van der Waals surface area contributed by atoms with E-state index in [1.807, 2.05) is 0 Å². The quantitative estimate of drug-likeness (QED) is 0.241. The Labute approximate surface area is 249 Å². The van der Waals surface area contributed by atoms with Crippen LogP contribution in [0.2, 0.25) is 10.0 Å². The van der Waals surface area contributed by atoms with Crippen LogP contribution in [0.1, 0.15) is 34.2 Å². The lowest BCUT2D eigenvalue weighted by atomic mass is 9.54. The van der Waals surface area contributed by atoms with Crippen molar-refractivity contribution in [3.63, 3.8) is 0 Å². The largest absolute Gasteiger partial charge is 0.459 e. The Kier molecular flexibility index (Phi) is 6.42. The van der Waals surface area contributed by atoms with Gasteiger partial charge in [-0.15, -0.1) is 23.2 Å². The average Bonchev–Trinajstić information content (AvgIpc) is 3.20. The Hall–Kier alpha value is -3.10. The number of hydrogen-bond acceptors (Lipinski definition) is 5. The fourth-order valence-corrected chi connectivity index (χ4v) is 7.91. The molecule has 1 aliphatic heterocycles. The summed E-state index contributed by atoms with van der Waals surface area (Å²) < 4.78 is 5.43. The molecule has 40 heavy (non-hydrogen) atoms. The van der Waals surface area contributed by atoms with E-state index >= 15 is 0 Å². The van der Waals surface area contributed by atoms with Gasteiger partial charge in [0.2, 0.25) is 17.7 Å². The summed E-state index contributed by atoms with van der Waals surface area (Å²) in [6.45, 7) is -0.289. The Balaban J connectivity index is 1.42. The van der Waals surface area contributed by atoms with Crippen LogP contribution >= 0.6 is 46.4 Å². The summed E-state index contributed by atoms with van der Waals surface area (Å²) in [4.78, 5) is 51.7. The molecule has 204 valence electrons. The van der Waals surface area contributed by atoms with Crippen LogP contribution in [-0.2, 0) is 40.3 Å². The lowest BCUT2D eigenvalue weighted by molar-refractivity contribution is -0.160. The molecule has 0 radical (unpaired) electrons. The average molecular weight is 618 g/mol. The van der Waals surface area contributed by atoms with Crippen LogP contribution in [0.15, 0.2) is 66.7 Å². The van der Waals surface area contributed by atoms with Crippen LogP contribution in [0.4, 0.5) is 0 Å². The van der Waals surface area contributed by atoms with Gasteiger partial charge in [0.05, 0.1) is 18.3 Å². The maximum Gasteiger partial charge on any atom is 0.330 e. The Morgan fingerprint density at radius 3 is 1.75 bits per heavy atom. The maximum atomic E-state index is 14.2. The van der Waals surface area contributed by atoms with Crippen molar-refractivity contribution >= 4 is 70.1 Å². The minimum absolute atomic E-state index is 0.256. The molecule has 0 unspecified atom stereocenters. The third-order valence-corrected chi connectivity index (χ3v) is 9.85. The molecule has 4 aliphatic rings. The first-order valence-corrected chi connectivity index (χ1v) is 13.9. The number of rotatable bonds is 6. The number of primary amides is 1. The first kappa shape index (κ1) is 27.1. The molecular formula is C29H20Cl4N2O5. The Bertz CT molecular complexity index is 1500. The van der Waals surface area contributed by atoms with Crippen molar-refractivity contribution < 1.29 is 23.9 Å². The Morgan fingerprint density at radius 2 is 1.32 bits per heavy atom. The van der Waals surface area contributed by atoms with E-state index in [-0.39, 0.29) is 11.6 Å². The number of ether oxygens (including phenoxy) is 1. The van der Waals surface area contributed by atoms with E-state index < -0.39 is 57.7 Å². The highest BCUT2D eigenvalue weighted by Gasteiger charge is 2.73. The summed E-state index contributed by atoms with van der Waals surface area (Å²) in [5, 5.41) is 0.649. The summed E-state index contributed by atoms with van der Waals surface area (Å²) in [7, 11) is 0. The number of likely N-dealkylation sites (tertiary alicyclic amines) is 1. The van der Waals surface area contributed by atoms with Gasteiger partial charge >= 0.3 is 5.97 Å². The van der Waals surface area contributed by atoms with Gasteiger partial charge in [-0.2, -0.15) is 0 Å². The predicted octanol–water partition coefficient (Wildman–Crippen LogP) is 4.87. The van der Waals surface area contributed by atoms with Gasteiger partial charge in [-0.1, -0.05) is 77.8 Å². The van der Waals surface area contributed by atoms with Gasteiger partial charge in [0, 0.05) is 15.6 Å². The van der Waals surface area contributed by atoms with Gasteiger partial charge in [0.1, 0.15) is 22.4 Å². The minimum Gasteiger partial charge on any atom is -0.459 e. The number of carbonyl (C=O) groups is 4. The monoisotopic (exact) mass is 616 g/mol. The fourth-order valence-electron chi connectivity index (χ4n) is 6.35. The van der Waals surface area contributed by atoms with Crippen LogP contribution in [0.25, 0.3) is 0 Å². The Morgan fingerprint density at radius 1 is 0.850 bits per heavy atom. The molecule has 3 aliphatic carbocycles. The van der Waals surface area contributed by atoms with Gasteiger partial charge in [-0.05, 0) is 34.4 Å². The molecule has 2 bridgehead atoms. The summed E-state index contributed by atoms with van der Waals surface area (Å²) in [5.74, 6) is -5.65. The highest BCUT2D eigenvalue weighted by Crippen LogP contribution is 2.69. The zero-order valence-corrected chi connectivity index (χ0v) is 23.6. The number of esters is 1. The normalized spacial score (nSPS) is 26.6. The zero-order valence-electron chi connectivity index (χ0n) is 20.6. The zero-order chi connectivity index (χ0) is 28.6. The van der Waals surface area contributed by atoms with E-state index in [4.69, 9.17) is 56.9 Å². The van der Waals surface area contributed by atoms with Crippen LogP contribution in [0.3, 0.4) is 0 Å². The number of nitrogens with zero attached hydrogens (tertiary/aromatic N) is 1. The number of nitrogens with two attached hydrogens (primary N) is 1. The number of imide groups is 1. The van der Waals surface area contributed by atoms with Crippen molar-refractivity contribution in [1.29, 1.82) is 0 Å². The third-order valence-electron chi connectivity index (χ3n) is 7.98. The summed E-state index contributed by atoms with van der Waals surface area (Å²) in [6, 6.07) is 17.3. The smallest absolute Gasteiger partial charge is 0.330 e. The maximum absolute atomic E-state index is 14.2. The molecule has 11 heteroatoms. The lowest BCUT2D eigenvalue weighted by Crippen LogP contribution is -2.57. The molecule has 1 heterocycles. The summed E-state index contributed by atoms with van der Waals surface area (Å²) in [5.41, 5.74) is 8.34. The second kappa shape index (κ2) is 9.48. The van der Waals surface area contributed by atoms with Crippen molar-refractivity contribution in [2.75, 3.05) is 0 Å². The SMILES string of the molecule is NC(=O)C[C@H](C(=O)OCc1ccc(Cl)cc1Cl)N1C(=O)[C@H]2[C@H](C1=O)C1(Cl)c3ccccc3C2(Cl)c2ccccc21. The van der Waals surface area contributed by atoms with Gasteiger partial charge in [0.25, 0.3) is 0 Å². The van der Waals surface area contributed by atoms with Crippen molar-refractivity contribution in [3.05, 3.63) is 105 Å². The molecule has 0 aromatic heterocycles. The highest BCUT2D eigenvalue weighted by molar-refractivity contribution is 6.36. The second-order valence-electron chi connectivity index (χ2n) is 10.0. The summed E-state index contributed by atoms with van der Waals surface area (Å²) >= 11 is 27.0. The number of benzene rings is 3. The van der Waals surface area contributed by atoms with Crippen LogP contribution in [-0.4, -0.2) is 34.6 Å². The van der Waals surface area contributed by atoms with E-state index in [9.17, 15) is 19.2 Å². The summed E-state index contributed by atoms with van der Waals surface area (Å²) in [6.07, 6.45) is -0.644. The molecule has 3 aromatic rings. The molecule has 0 spiro atoms. The third kappa shape index (κ3) is 3.64. The first-order valence-electron chi connectivity index (χ1n) is 12.3. The molecule has 3 atom stereocenters. The number of alkyl halides is 2.